The predicted molar refractivity (Wildman–Crippen MR) is 56.6 cm³/mol. The van der Waals surface area contributed by atoms with Crippen LogP contribution < -0.4 is 5.46 Å². The second-order valence-corrected chi connectivity index (χ2v) is 4.53. The molecule has 1 aliphatic rings. The number of hydrogen-bond donors (Lipinski definition) is 0. The maximum absolute atomic E-state index is 11.6. The van der Waals surface area contributed by atoms with Crippen LogP contribution in [0.3, 0.4) is 0 Å². The summed E-state index contributed by atoms with van der Waals surface area (Å²) < 4.78 is 0. The fraction of sp³-hybridized carbons (Fsp3) is 0.364. The van der Waals surface area contributed by atoms with Crippen LogP contribution in [0, 0.1) is 0 Å². The summed E-state index contributed by atoms with van der Waals surface area (Å²) in [5, 5.41) is 0. The van der Waals surface area contributed by atoms with Crippen molar-refractivity contribution in [2.75, 3.05) is 0 Å². The lowest BCUT2D eigenvalue weighted by atomic mass is 9.83. The normalized spacial score (nSPS) is 18.8. The molecule has 1 nitrogen and oxygen atoms in total. The number of benzene rings is 1. The van der Waals surface area contributed by atoms with Crippen LogP contribution in [0.15, 0.2) is 18.2 Å². The molecule has 0 spiro atoms. The van der Waals surface area contributed by atoms with Gasteiger partial charge < -0.3 is 0 Å². The highest BCUT2D eigenvalue weighted by Crippen LogP contribution is 2.37. The first-order chi connectivity index (χ1) is 6.00. The van der Waals surface area contributed by atoms with Gasteiger partial charge in [0.05, 0.1) is 0 Å². The standard InChI is InChI=1S/C11H13BO/c1-11(2)6-10(13)8-4-3-7(12)5-9(8)11/h3-5H,6,12H2,1-2H3. The van der Waals surface area contributed by atoms with Crippen LogP contribution >= 0.6 is 0 Å². The van der Waals surface area contributed by atoms with Crippen LogP contribution in [-0.2, 0) is 5.41 Å². The average Bonchev–Trinajstić information content (AvgIpc) is 2.23. The molecule has 2 rings (SSSR count). The van der Waals surface area contributed by atoms with Gasteiger partial charge in [0.1, 0.15) is 7.85 Å². The largest absolute Gasteiger partial charge is 0.294 e. The maximum Gasteiger partial charge on any atom is 0.164 e. The summed E-state index contributed by atoms with van der Waals surface area (Å²) in [6.45, 7) is 4.27. The topological polar surface area (TPSA) is 17.1 Å². The first-order valence-electron chi connectivity index (χ1n) is 4.65. The summed E-state index contributed by atoms with van der Waals surface area (Å²) in [5.74, 6) is 0.292. The molecule has 1 aromatic carbocycles. The molecule has 0 fully saturated rings. The van der Waals surface area contributed by atoms with Crippen LogP contribution in [0.5, 0.6) is 0 Å². The Balaban J connectivity index is 2.66. The van der Waals surface area contributed by atoms with Crippen molar-refractivity contribution in [2.45, 2.75) is 25.7 Å². The van der Waals surface area contributed by atoms with E-state index in [1.165, 1.54) is 11.0 Å². The Morgan fingerprint density at radius 3 is 2.77 bits per heavy atom. The van der Waals surface area contributed by atoms with Gasteiger partial charge in [-0.2, -0.15) is 0 Å². The van der Waals surface area contributed by atoms with Gasteiger partial charge in [-0.15, -0.1) is 0 Å². The third-order valence-corrected chi connectivity index (χ3v) is 2.81. The van der Waals surface area contributed by atoms with Crippen molar-refractivity contribution in [1.82, 2.24) is 0 Å². The van der Waals surface area contributed by atoms with E-state index in [4.69, 9.17) is 0 Å². The molecule has 1 aliphatic carbocycles. The fourth-order valence-corrected chi connectivity index (χ4v) is 2.05. The van der Waals surface area contributed by atoms with Gasteiger partial charge >= 0.3 is 0 Å². The van der Waals surface area contributed by atoms with Crippen LogP contribution in [0.4, 0.5) is 0 Å². The van der Waals surface area contributed by atoms with Crippen molar-refractivity contribution in [3.8, 4) is 0 Å². The Morgan fingerprint density at radius 2 is 2.08 bits per heavy atom. The van der Waals surface area contributed by atoms with E-state index >= 15 is 0 Å². The summed E-state index contributed by atoms with van der Waals surface area (Å²) >= 11 is 0. The Morgan fingerprint density at radius 1 is 1.38 bits per heavy atom. The Labute approximate surface area is 79.6 Å². The van der Waals surface area contributed by atoms with Gasteiger partial charge in [0, 0.05) is 12.0 Å². The molecular formula is C11H13BO. The fourth-order valence-electron chi connectivity index (χ4n) is 2.05. The highest BCUT2D eigenvalue weighted by Gasteiger charge is 2.35. The molecule has 0 heterocycles. The van der Waals surface area contributed by atoms with Gasteiger partial charge in [0.15, 0.2) is 5.78 Å². The van der Waals surface area contributed by atoms with Crippen molar-refractivity contribution < 1.29 is 4.79 Å². The molecule has 0 saturated heterocycles. The van der Waals surface area contributed by atoms with Gasteiger partial charge in [-0.1, -0.05) is 37.5 Å². The third kappa shape index (κ3) is 1.21. The first-order valence-corrected chi connectivity index (χ1v) is 4.65. The number of Topliss-reactive ketones (excluding diaryl/α,β-unsaturated/α-hetero) is 1. The molecule has 1 aromatic rings. The molecule has 0 amide bonds. The van der Waals surface area contributed by atoms with Crippen molar-refractivity contribution >= 4 is 19.1 Å². The van der Waals surface area contributed by atoms with Gasteiger partial charge in [-0.3, -0.25) is 4.79 Å². The van der Waals surface area contributed by atoms with Crippen LogP contribution in [0.1, 0.15) is 36.2 Å². The van der Waals surface area contributed by atoms with E-state index in [9.17, 15) is 4.79 Å². The van der Waals surface area contributed by atoms with Gasteiger partial charge in [-0.05, 0) is 11.0 Å². The van der Waals surface area contributed by atoms with Crippen LogP contribution in [0.25, 0.3) is 0 Å². The first kappa shape index (κ1) is 8.55. The number of ketones is 1. The van der Waals surface area contributed by atoms with E-state index in [0.29, 0.717) is 12.2 Å². The van der Waals surface area contributed by atoms with Crippen molar-refractivity contribution in [3.05, 3.63) is 29.3 Å². The summed E-state index contributed by atoms with van der Waals surface area (Å²) in [6.07, 6.45) is 0.659. The molecule has 0 aromatic heterocycles. The summed E-state index contributed by atoms with van der Waals surface area (Å²) in [5.41, 5.74) is 3.42. The lowest BCUT2D eigenvalue weighted by Gasteiger charge is -2.17. The zero-order valence-corrected chi connectivity index (χ0v) is 8.35. The van der Waals surface area contributed by atoms with E-state index in [1.807, 2.05) is 12.1 Å². The molecule has 0 radical (unpaired) electrons. The molecular weight excluding hydrogens is 159 g/mol. The number of carbonyl (C=O) groups excluding carboxylic acids is 1. The molecule has 0 atom stereocenters. The summed E-state index contributed by atoms with van der Waals surface area (Å²) in [7, 11) is 2.07. The molecule has 0 bridgehead atoms. The molecule has 13 heavy (non-hydrogen) atoms. The SMILES string of the molecule is Bc1ccc2c(c1)C(C)(C)CC2=O. The molecule has 0 aliphatic heterocycles. The van der Waals surface area contributed by atoms with Crippen molar-refractivity contribution in [1.29, 1.82) is 0 Å². The third-order valence-electron chi connectivity index (χ3n) is 2.81. The smallest absolute Gasteiger partial charge is 0.164 e. The monoisotopic (exact) mass is 172 g/mol. The quantitative estimate of drug-likeness (QED) is 0.529. The Hall–Kier alpha value is -1.05. The predicted octanol–water partition coefficient (Wildman–Crippen LogP) is 0.809. The van der Waals surface area contributed by atoms with E-state index < -0.39 is 0 Å². The van der Waals surface area contributed by atoms with E-state index in [-0.39, 0.29) is 5.41 Å². The molecule has 0 unspecified atom stereocenters. The van der Waals surface area contributed by atoms with E-state index in [1.54, 1.807) is 0 Å². The van der Waals surface area contributed by atoms with Crippen LogP contribution in [0.2, 0.25) is 0 Å². The number of hydrogen-bond acceptors (Lipinski definition) is 1. The van der Waals surface area contributed by atoms with Crippen LogP contribution in [-0.4, -0.2) is 13.6 Å². The van der Waals surface area contributed by atoms with Crippen molar-refractivity contribution in [2.24, 2.45) is 0 Å². The average molecular weight is 172 g/mol. The maximum atomic E-state index is 11.6. The Bertz CT molecular complexity index is 380. The van der Waals surface area contributed by atoms with Gasteiger partial charge in [-0.25, -0.2) is 0 Å². The summed E-state index contributed by atoms with van der Waals surface area (Å²) in [6, 6.07) is 6.11. The lowest BCUT2D eigenvalue weighted by molar-refractivity contribution is 0.0979. The van der Waals surface area contributed by atoms with E-state index in [0.717, 1.165) is 5.56 Å². The number of carbonyl (C=O) groups is 1. The van der Waals surface area contributed by atoms with Gasteiger partial charge in [0.2, 0.25) is 0 Å². The second-order valence-electron chi connectivity index (χ2n) is 4.53. The minimum Gasteiger partial charge on any atom is -0.294 e. The van der Waals surface area contributed by atoms with Crippen molar-refractivity contribution in [3.63, 3.8) is 0 Å². The molecule has 0 saturated carbocycles. The zero-order chi connectivity index (χ0) is 9.64. The summed E-state index contributed by atoms with van der Waals surface area (Å²) in [4.78, 5) is 11.6. The van der Waals surface area contributed by atoms with E-state index in [2.05, 4.69) is 27.8 Å². The molecule has 0 N–H and O–H groups in total. The van der Waals surface area contributed by atoms with Gasteiger partial charge in [0.25, 0.3) is 0 Å². The lowest BCUT2D eigenvalue weighted by Crippen LogP contribution is -2.15. The number of rotatable bonds is 0. The highest BCUT2D eigenvalue weighted by molar-refractivity contribution is 6.32. The minimum absolute atomic E-state index is 0.0401. The molecule has 2 heteroatoms. The second kappa shape index (κ2) is 2.47. The highest BCUT2D eigenvalue weighted by atomic mass is 16.1. The molecule has 66 valence electrons. The minimum atomic E-state index is 0.0401. The number of fused-ring (bicyclic) bond motifs is 1. The zero-order valence-electron chi connectivity index (χ0n) is 8.35. The Kier molecular flexibility index (Phi) is 1.63.